The van der Waals surface area contributed by atoms with Gasteiger partial charge in [0.15, 0.2) is 0 Å². The molecule has 0 aromatic heterocycles. The number of hydrogen-bond acceptors (Lipinski definition) is 3. The highest BCUT2D eigenvalue weighted by molar-refractivity contribution is 6.07. The van der Waals surface area contributed by atoms with Crippen molar-refractivity contribution in [3.63, 3.8) is 0 Å². The number of halogens is 3. The molecule has 1 aromatic rings. The fourth-order valence-corrected chi connectivity index (χ4v) is 1.70. The molecule has 0 atom stereocenters. The van der Waals surface area contributed by atoms with Crippen LogP contribution in [0.25, 0.3) is 0 Å². The molecule has 0 aliphatic carbocycles. The summed E-state index contributed by atoms with van der Waals surface area (Å²) in [5.74, 6) is -1.82. The number of ketones is 1. The number of anilines is 2. The molecule has 100 valence electrons. The average Bonchev–Trinajstić information content (AvgIpc) is 2.25. The second-order valence-electron chi connectivity index (χ2n) is 4.29. The highest BCUT2D eigenvalue weighted by Crippen LogP contribution is 2.34. The number of rotatable bonds is 3. The van der Waals surface area contributed by atoms with Crippen molar-refractivity contribution in [3.05, 3.63) is 23.8 Å². The van der Waals surface area contributed by atoms with Crippen molar-refractivity contribution in [2.75, 3.05) is 38.0 Å². The van der Waals surface area contributed by atoms with E-state index in [0.29, 0.717) is 5.69 Å². The lowest BCUT2D eigenvalue weighted by atomic mass is 10.1. The van der Waals surface area contributed by atoms with Crippen LogP contribution in [-0.4, -0.2) is 40.2 Å². The minimum atomic E-state index is -4.87. The number of para-hydroxylation sites is 1. The number of alkyl halides is 3. The third kappa shape index (κ3) is 2.75. The lowest BCUT2D eigenvalue weighted by Gasteiger charge is -2.25. The summed E-state index contributed by atoms with van der Waals surface area (Å²) in [4.78, 5) is 14.6. The Morgan fingerprint density at radius 2 is 1.61 bits per heavy atom. The summed E-state index contributed by atoms with van der Waals surface area (Å²) in [6, 6.07) is 4.31. The van der Waals surface area contributed by atoms with Gasteiger partial charge in [0.25, 0.3) is 5.78 Å². The molecule has 0 spiro atoms. The van der Waals surface area contributed by atoms with E-state index in [1.54, 1.807) is 39.2 Å². The summed E-state index contributed by atoms with van der Waals surface area (Å²) in [6.45, 7) is 0. The molecule has 6 heteroatoms. The number of Topliss-reactive ketones (excluding diaryl/α,β-unsaturated/α-hetero) is 1. The number of nitrogens with zero attached hydrogens (tertiary/aromatic N) is 2. The minimum Gasteiger partial charge on any atom is -0.376 e. The molecule has 0 bridgehead atoms. The molecule has 3 nitrogen and oxygen atoms in total. The maximum atomic E-state index is 12.5. The normalized spacial score (nSPS) is 11.3. The van der Waals surface area contributed by atoms with Crippen LogP contribution in [0.2, 0.25) is 0 Å². The van der Waals surface area contributed by atoms with Crippen LogP contribution in [0.3, 0.4) is 0 Å². The van der Waals surface area contributed by atoms with Gasteiger partial charge in [0, 0.05) is 28.2 Å². The Balaban J connectivity index is 3.46. The highest BCUT2D eigenvalue weighted by atomic mass is 19.4. The zero-order valence-electron chi connectivity index (χ0n) is 10.7. The van der Waals surface area contributed by atoms with Crippen molar-refractivity contribution in [2.45, 2.75) is 6.18 Å². The smallest absolute Gasteiger partial charge is 0.376 e. The third-order valence-corrected chi connectivity index (χ3v) is 2.45. The predicted molar refractivity (Wildman–Crippen MR) is 65.5 cm³/mol. The maximum Gasteiger partial charge on any atom is 0.454 e. The Morgan fingerprint density at radius 1 is 1.06 bits per heavy atom. The Bertz CT molecular complexity index is 453. The average molecular weight is 260 g/mol. The molecular weight excluding hydrogens is 245 g/mol. The molecule has 1 rings (SSSR count). The second kappa shape index (κ2) is 4.88. The quantitative estimate of drug-likeness (QED) is 0.780. The van der Waals surface area contributed by atoms with E-state index in [9.17, 15) is 18.0 Å². The van der Waals surface area contributed by atoms with Crippen molar-refractivity contribution in [1.29, 1.82) is 0 Å². The van der Waals surface area contributed by atoms with E-state index in [0.717, 1.165) is 0 Å². The van der Waals surface area contributed by atoms with Crippen molar-refractivity contribution >= 4 is 17.2 Å². The van der Waals surface area contributed by atoms with Gasteiger partial charge in [0.2, 0.25) is 0 Å². The number of hydrogen-bond donors (Lipinski definition) is 0. The largest absolute Gasteiger partial charge is 0.454 e. The molecule has 18 heavy (non-hydrogen) atoms. The van der Waals surface area contributed by atoms with Crippen LogP contribution in [0.5, 0.6) is 0 Å². The van der Waals surface area contributed by atoms with Crippen LogP contribution in [0.15, 0.2) is 18.2 Å². The van der Waals surface area contributed by atoms with Crippen molar-refractivity contribution in [1.82, 2.24) is 0 Å². The molecule has 0 aliphatic heterocycles. The van der Waals surface area contributed by atoms with E-state index in [-0.39, 0.29) is 11.3 Å². The first-order valence-corrected chi connectivity index (χ1v) is 5.25. The standard InChI is InChI=1S/C12H15F3N2O/c1-16(2)9-7-5-6-8(10(9)17(3)4)11(18)12(13,14)15/h5-7H,1-4H3. The highest BCUT2D eigenvalue weighted by Gasteiger charge is 2.41. The van der Waals surface area contributed by atoms with Crippen LogP contribution in [0.4, 0.5) is 24.5 Å². The van der Waals surface area contributed by atoms with Gasteiger partial charge in [-0.2, -0.15) is 13.2 Å². The van der Waals surface area contributed by atoms with Gasteiger partial charge in [-0.05, 0) is 12.1 Å². The SMILES string of the molecule is CN(C)c1cccc(C(=O)C(F)(F)F)c1N(C)C. The maximum absolute atomic E-state index is 12.5. The molecule has 0 N–H and O–H groups in total. The lowest BCUT2D eigenvalue weighted by molar-refractivity contribution is -0.0884. The van der Waals surface area contributed by atoms with Gasteiger partial charge in [-0.3, -0.25) is 4.79 Å². The van der Waals surface area contributed by atoms with Crippen LogP contribution in [0.1, 0.15) is 10.4 Å². The van der Waals surface area contributed by atoms with Crippen LogP contribution in [0, 0.1) is 0 Å². The zero-order chi connectivity index (χ0) is 14.1. The predicted octanol–water partition coefficient (Wildman–Crippen LogP) is 2.56. The van der Waals surface area contributed by atoms with Crippen LogP contribution < -0.4 is 9.80 Å². The fraction of sp³-hybridized carbons (Fsp3) is 0.417. The molecule has 0 fully saturated rings. The number of carbonyl (C=O) groups is 1. The molecular formula is C12H15F3N2O. The zero-order valence-corrected chi connectivity index (χ0v) is 10.7. The number of carbonyl (C=O) groups excluding carboxylic acids is 1. The minimum absolute atomic E-state index is 0.268. The first kappa shape index (κ1) is 14.3. The molecule has 0 amide bonds. The van der Waals surface area contributed by atoms with Gasteiger partial charge in [-0.25, -0.2) is 0 Å². The lowest BCUT2D eigenvalue weighted by Crippen LogP contribution is -2.27. The Kier molecular flexibility index (Phi) is 3.88. The monoisotopic (exact) mass is 260 g/mol. The third-order valence-electron chi connectivity index (χ3n) is 2.45. The van der Waals surface area contributed by atoms with Gasteiger partial charge < -0.3 is 9.80 Å². The van der Waals surface area contributed by atoms with E-state index in [1.165, 1.54) is 17.0 Å². The van der Waals surface area contributed by atoms with Crippen LogP contribution in [-0.2, 0) is 0 Å². The van der Waals surface area contributed by atoms with Gasteiger partial charge in [0.1, 0.15) is 0 Å². The first-order chi connectivity index (χ1) is 8.16. The molecule has 0 saturated carbocycles. The summed E-state index contributed by atoms with van der Waals surface area (Å²) in [5.41, 5.74) is 0.499. The summed E-state index contributed by atoms with van der Waals surface area (Å²) >= 11 is 0. The Hall–Kier alpha value is -1.72. The topological polar surface area (TPSA) is 23.6 Å². The summed E-state index contributed by atoms with van der Waals surface area (Å²) in [5, 5.41) is 0. The van der Waals surface area contributed by atoms with Crippen molar-refractivity contribution in [2.24, 2.45) is 0 Å². The summed E-state index contributed by atoms with van der Waals surface area (Å²) in [6.07, 6.45) is -4.87. The second-order valence-corrected chi connectivity index (χ2v) is 4.29. The van der Waals surface area contributed by atoms with Gasteiger partial charge in [0.05, 0.1) is 16.9 Å². The van der Waals surface area contributed by atoms with Crippen molar-refractivity contribution in [3.8, 4) is 0 Å². The summed E-state index contributed by atoms with van der Waals surface area (Å²) in [7, 11) is 6.64. The summed E-state index contributed by atoms with van der Waals surface area (Å²) < 4.78 is 37.6. The van der Waals surface area contributed by atoms with E-state index in [2.05, 4.69) is 0 Å². The van der Waals surface area contributed by atoms with E-state index < -0.39 is 12.0 Å². The molecule has 0 heterocycles. The first-order valence-electron chi connectivity index (χ1n) is 5.25. The molecule has 0 radical (unpaired) electrons. The van der Waals surface area contributed by atoms with Gasteiger partial charge in [-0.1, -0.05) is 6.07 Å². The molecule has 0 aliphatic rings. The fourth-order valence-electron chi connectivity index (χ4n) is 1.70. The van der Waals surface area contributed by atoms with Gasteiger partial charge >= 0.3 is 6.18 Å². The van der Waals surface area contributed by atoms with E-state index >= 15 is 0 Å². The van der Waals surface area contributed by atoms with Gasteiger partial charge in [-0.15, -0.1) is 0 Å². The Labute approximate surface area is 104 Å². The number of benzene rings is 1. The van der Waals surface area contributed by atoms with E-state index in [1.807, 2.05) is 0 Å². The van der Waals surface area contributed by atoms with Crippen LogP contribution >= 0.6 is 0 Å². The molecule has 1 aromatic carbocycles. The molecule has 0 unspecified atom stereocenters. The molecule has 0 saturated heterocycles. The van der Waals surface area contributed by atoms with Crippen molar-refractivity contribution < 1.29 is 18.0 Å². The van der Waals surface area contributed by atoms with E-state index in [4.69, 9.17) is 0 Å². The Morgan fingerprint density at radius 3 is 2.00 bits per heavy atom.